The summed E-state index contributed by atoms with van der Waals surface area (Å²) < 4.78 is 23.3. The molecule has 92 valence electrons. The van der Waals surface area contributed by atoms with Crippen molar-refractivity contribution in [3.8, 4) is 0 Å². The van der Waals surface area contributed by atoms with Crippen LogP contribution in [0.3, 0.4) is 0 Å². The fourth-order valence-corrected chi connectivity index (χ4v) is 2.19. The molecule has 0 fully saturated rings. The van der Waals surface area contributed by atoms with Crippen LogP contribution in [0.25, 0.3) is 0 Å². The molecule has 0 aromatic heterocycles. The van der Waals surface area contributed by atoms with Gasteiger partial charge in [0.2, 0.25) is 7.83 Å². The molecule has 0 radical (unpaired) electrons. The summed E-state index contributed by atoms with van der Waals surface area (Å²) in [6, 6.07) is -0.383. The van der Waals surface area contributed by atoms with Crippen molar-refractivity contribution < 1.29 is 43.2 Å². The molecule has 0 rings (SSSR count). The number of hydrogen-bond donors (Lipinski definition) is 1. The van der Waals surface area contributed by atoms with Gasteiger partial charge in [-0.2, -0.15) is 4.20 Å². The van der Waals surface area contributed by atoms with Crippen molar-refractivity contribution in [2.75, 3.05) is 0 Å². The van der Waals surface area contributed by atoms with Crippen molar-refractivity contribution in [1.82, 2.24) is 5.09 Å². The summed E-state index contributed by atoms with van der Waals surface area (Å²) in [6.45, 7) is 11.7. The van der Waals surface area contributed by atoms with E-state index in [1.165, 1.54) is 0 Å². The Morgan fingerprint density at radius 1 is 1.25 bits per heavy atom. The van der Waals surface area contributed by atoms with Gasteiger partial charge >= 0.3 is 29.6 Å². The van der Waals surface area contributed by atoms with Crippen LogP contribution in [-0.4, -0.2) is 6.04 Å². The van der Waals surface area contributed by atoms with Crippen molar-refractivity contribution in [2.24, 2.45) is 10.8 Å². The fraction of sp³-hybridized carbons (Fsp3) is 1.00. The summed E-state index contributed by atoms with van der Waals surface area (Å²) in [5, 5.41) is 2.09. The second kappa shape index (κ2) is 6.31. The van der Waals surface area contributed by atoms with E-state index >= 15 is 0 Å². The van der Waals surface area contributed by atoms with E-state index in [0.29, 0.717) is 6.42 Å². The summed E-state index contributed by atoms with van der Waals surface area (Å²) in [5.74, 6) is 0. The van der Waals surface area contributed by atoms with Gasteiger partial charge in [-0.05, 0) is 17.3 Å². The third kappa shape index (κ3) is 10.2. The Morgan fingerprint density at radius 2 is 1.62 bits per heavy atom. The number of rotatable bonds is 3. The van der Waals surface area contributed by atoms with Gasteiger partial charge < -0.3 is 4.89 Å². The van der Waals surface area contributed by atoms with Gasteiger partial charge in [0.15, 0.2) is 0 Å². The van der Waals surface area contributed by atoms with Gasteiger partial charge in [-0.15, -0.1) is 0 Å². The minimum Gasteiger partial charge on any atom is -0.763 e. The number of nitrogens with one attached hydrogen (secondary N) is 1. The van der Waals surface area contributed by atoms with E-state index < -0.39 is 7.83 Å². The minimum atomic E-state index is -4.90. The van der Waals surface area contributed by atoms with Crippen molar-refractivity contribution in [1.29, 1.82) is 0 Å². The maximum absolute atomic E-state index is 12.6. The smallest absolute Gasteiger partial charge is 0.763 e. The van der Waals surface area contributed by atoms with Crippen LogP contribution in [0.5, 0.6) is 0 Å². The fourth-order valence-electron chi connectivity index (χ4n) is 1.34. The van der Waals surface area contributed by atoms with Gasteiger partial charge in [-0.1, -0.05) is 41.5 Å². The molecule has 0 spiro atoms. The monoisotopic (exact) mass is 261 g/mol. The van der Waals surface area contributed by atoms with E-state index in [1.54, 1.807) is 0 Å². The van der Waals surface area contributed by atoms with Gasteiger partial charge in [-0.3, -0.25) is 4.57 Å². The third-order valence-electron chi connectivity index (χ3n) is 2.17. The van der Waals surface area contributed by atoms with Crippen molar-refractivity contribution in [3.05, 3.63) is 0 Å². The molecule has 1 N–H and O–H groups in total. The molecule has 0 heterocycles. The number of hydrogen-bond acceptors (Lipinski definition) is 2. The average molecular weight is 261 g/mol. The van der Waals surface area contributed by atoms with E-state index in [1.807, 2.05) is 41.5 Å². The Hall–Kier alpha value is 1.08. The van der Waals surface area contributed by atoms with Crippen molar-refractivity contribution in [2.45, 2.75) is 54.0 Å². The zero-order valence-electron chi connectivity index (χ0n) is 11.4. The van der Waals surface area contributed by atoms with E-state index in [9.17, 15) is 13.7 Å². The van der Waals surface area contributed by atoms with E-state index in [4.69, 9.17) is 0 Å². The molecule has 0 saturated heterocycles. The Balaban J connectivity index is 0. The van der Waals surface area contributed by atoms with E-state index in [-0.39, 0.29) is 46.4 Å². The summed E-state index contributed by atoms with van der Waals surface area (Å²) in [4.78, 5) is 10.6. The number of halogens is 1. The first kappa shape index (κ1) is 19.4. The molecular weight excluding hydrogens is 239 g/mol. The minimum absolute atomic E-state index is 0. The second-order valence-corrected chi connectivity index (χ2v) is 7.51. The van der Waals surface area contributed by atoms with Gasteiger partial charge in [0.25, 0.3) is 0 Å². The average Bonchev–Trinajstić information content (AvgIpc) is 1.75. The molecule has 0 saturated carbocycles. The molecule has 0 aromatic rings. The Morgan fingerprint density at radius 3 is 1.81 bits per heavy atom. The van der Waals surface area contributed by atoms with E-state index in [2.05, 4.69) is 5.09 Å². The molecule has 0 aromatic carbocycles. The molecule has 0 aliphatic carbocycles. The first-order chi connectivity index (χ1) is 6.31. The van der Waals surface area contributed by atoms with Gasteiger partial charge in [-0.25, -0.2) is 5.09 Å². The molecule has 6 heteroatoms. The molecule has 0 amide bonds. The maximum atomic E-state index is 12.6. The van der Waals surface area contributed by atoms with Gasteiger partial charge in [0.1, 0.15) is 0 Å². The normalized spacial score (nSPS) is 18.5. The van der Waals surface area contributed by atoms with Gasteiger partial charge in [0.05, 0.1) is 0 Å². The molecule has 16 heavy (non-hydrogen) atoms. The van der Waals surface area contributed by atoms with Crippen LogP contribution < -0.4 is 39.5 Å². The largest absolute Gasteiger partial charge is 1.00 e. The quantitative estimate of drug-likeness (QED) is 0.569. The first-order valence-electron chi connectivity index (χ1n) is 5.10. The van der Waals surface area contributed by atoms with Crippen LogP contribution in [-0.2, 0) is 4.57 Å². The predicted molar refractivity (Wildman–Crippen MR) is 59.2 cm³/mol. The summed E-state index contributed by atoms with van der Waals surface area (Å²) >= 11 is 0. The molecule has 2 atom stereocenters. The Bertz CT molecular complexity index is 255. The van der Waals surface area contributed by atoms with Crippen molar-refractivity contribution >= 4 is 7.83 Å². The standard InChI is InChI=1S/C10H23FNO2P.Na/c1-9(2,3)7-8(10(4,5)6)12-15(11,13)14;/h8H,7H2,1-6H3,(H2,12,13,14);/q;+1/p-1. The first-order valence-corrected chi connectivity index (χ1v) is 6.61. The van der Waals surface area contributed by atoms with Crippen molar-refractivity contribution in [3.63, 3.8) is 0 Å². The van der Waals surface area contributed by atoms with Crippen LogP contribution in [0.1, 0.15) is 48.0 Å². The molecule has 2 unspecified atom stereocenters. The van der Waals surface area contributed by atoms with Crippen LogP contribution in [0.2, 0.25) is 0 Å². The van der Waals surface area contributed by atoms with Crippen LogP contribution >= 0.6 is 7.83 Å². The Labute approximate surface area is 121 Å². The summed E-state index contributed by atoms with van der Waals surface area (Å²) in [6.07, 6.45) is 0.604. The van der Waals surface area contributed by atoms with Crippen LogP contribution in [0.15, 0.2) is 0 Å². The second-order valence-electron chi connectivity index (χ2n) is 6.29. The molecule has 0 aliphatic rings. The third-order valence-corrected chi connectivity index (χ3v) is 2.79. The van der Waals surface area contributed by atoms with Crippen LogP contribution in [0.4, 0.5) is 4.20 Å². The SMILES string of the molecule is CC(C)(C)CC(NP(=O)([O-])F)C(C)(C)C.[Na+]. The summed E-state index contributed by atoms with van der Waals surface area (Å²) in [7, 11) is -4.90. The predicted octanol–water partition coefficient (Wildman–Crippen LogP) is -0.131. The molecule has 3 nitrogen and oxygen atoms in total. The zero-order chi connectivity index (χ0) is 12.5. The van der Waals surface area contributed by atoms with E-state index in [0.717, 1.165) is 0 Å². The summed E-state index contributed by atoms with van der Waals surface area (Å²) in [5.41, 5.74) is -0.334. The Kier molecular flexibility index (Phi) is 7.65. The topological polar surface area (TPSA) is 52.2 Å². The zero-order valence-corrected chi connectivity index (χ0v) is 14.3. The maximum Gasteiger partial charge on any atom is 1.00 e. The molecular formula is C10H22FNNaO2P. The van der Waals surface area contributed by atoms with Crippen LogP contribution in [0, 0.1) is 10.8 Å². The molecule has 0 bridgehead atoms. The van der Waals surface area contributed by atoms with Gasteiger partial charge in [0, 0.05) is 6.04 Å². The molecule has 0 aliphatic heterocycles.